The third kappa shape index (κ3) is 3.07. The zero-order chi connectivity index (χ0) is 18.1. The van der Waals surface area contributed by atoms with Crippen LogP contribution in [0, 0.1) is 16.0 Å². The van der Waals surface area contributed by atoms with Crippen molar-refractivity contribution in [2.24, 2.45) is 5.92 Å². The first-order chi connectivity index (χ1) is 12.6. The first-order valence-electron chi connectivity index (χ1n) is 8.75. The quantitative estimate of drug-likeness (QED) is 0.498. The van der Waals surface area contributed by atoms with Gasteiger partial charge in [0.15, 0.2) is 5.78 Å². The van der Waals surface area contributed by atoms with E-state index in [2.05, 4.69) is 15.8 Å². The van der Waals surface area contributed by atoms with E-state index in [1.54, 1.807) is 36.4 Å². The van der Waals surface area contributed by atoms with Crippen LogP contribution in [0.3, 0.4) is 0 Å². The van der Waals surface area contributed by atoms with Crippen molar-refractivity contribution >= 4 is 17.2 Å². The van der Waals surface area contributed by atoms with Crippen molar-refractivity contribution in [2.45, 2.75) is 12.5 Å². The number of nitro benzene ring substituents is 1. The Balaban J connectivity index is 1.64. The third-order valence-electron chi connectivity index (χ3n) is 5.20. The first-order valence-corrected chi connectivity index (χ1v) is 8.75. The maximum Gasteiger partial charge on any atom is 0.293 e. The molecule has 0 amide bonds. The van der Waals surface area contributed by atoms with Gasteiger partial charge in [0.05, 0.1) is 4.92 Å². The second kappa shape index (κ2) is 6.86. The molecule has 0 aliphatic carbocycles. The molecule has 0 bridgehead atoms. The summed E-state index contributed by atoms with van der Waals surface area (Å²) in [5, 5.41) is 11.6. The number of anilines is 1. The molecule has 2 aromatic carbocycles. The molecule has 4 rings (SSSR count). The average molecular weight is 352 g/mol. The lowest BCUT2D eigenvalue weighted by Crippen LogP contribution is -2.45. The number of rotatable bonds is 4. The van der Waals surface area contributed by atoms with Crippen molar-refractivity contribution < 1.29 is 9.72 Å². The van der Waals surface area contributed by atoms with Gasteiger partial charge in [-0.15, -0.1) is 0 Å². The maximum absolute atomic E-state index is 12.6. The van der Waals surface area contributed by atoms with Gasteiger partial charge in [-0.3, -0.25) is 25.8 Å². The topological polar surface area (TPSA) is 87.5 Å². The standard InChI is InChI=1S/C19H20N4O3/c24-19(13-4-2-1-3-5-13)14-6-7-17(18(10-14)23(25)26)22-9-8-16-15(12-22)11-20-21-16/h1-7,10,15-16,20-21H,8-9,11-12H2. The number of carbonyl (C=O) groups is 1. The van der Waals surface area contributed by atoms with Crippen LogP contribution < -0.4 is 15.8 Å². The second-order valence-electron chi connectivity index (χ2n) is 6.78. The van der Waals surface area contributed by atoms with E-state index in [1.165, 1.54) is 6.07 Å². The SMILES string of the molecule is O=C(c1ccccc1)c1ccc(N2CCC3NNCC3C2)c([N+](=O)[O-])c1. The largest absolute Gasteiger partial charge is 0.366 e. The van der Waals surface area contributed by atoms with Gasteiger partial charge >= 0.3 is 0 Å². The van der Waals surface area contributed by atoms with Gasteiger partial charge in [0.1, 0.15) is 5.69 Å². The number of benzene rings is 2. The Hall–Kier alpha value is -2.77. The highest BCUT2D eigenvalue weighted by Gasteiger charge is 2.34. The normalized spacial score (nSPS) is 22.1. The van der Waals surface area contributed by atoms with E-state index in [4.69, 9.17) is 0 Å². The van der Waals surface area contributed by atoms with E-state index in [9.17, 15) is 14.9 Å². The predicted molar refractivity (Wildman–Crippen MR) is 98.2 cm³/mol. The van der Waals surface area contributed by atoms with E-state index in [-0.39, 0.29) is 11.5 Å². The molecule has 2 aliphatic heterocycles. The smallest absolute Gasteiger partial charge is 0.293 e. The van der Waals surface area contributed by atoms with Crippen LogP contribution in [-0.2, 0) is 0 Å². The second-order valence-corrected chi connectivity index (χ2v) is 6.78. The Bertz CT molecular complexity index is 840. The molecule has 2 aliphatic rings. The summed E-state index contributed by atoms with van der Waals surface area (Å²) >= 11 is 0. The minimum absolute atomic E-state index is 0.0100. The number of fused-ring (bicyclic) bond motifs is 1. The first kappa shape index (κ1) is 16.7. The number of ketones is 1. The fraction of sp³-hybridized carbons (Fsp3) is 0.316. The molecule has 0 radical (unpaired) electrons. The van der Waals surface area contributed by atoms with Gasteiger partial charge in [-0.05, 0) is 18.6 Å². The van der Waals surface area contributed by atoms with Crippen LogP contribution in [0.2, 0.25) is 0 Å². The van der Waals surface area contributed by atoms with Crippen LogP contribution in [0.1, 0.15) is 22.3 Å². The lowest BCUT2D eigenvalue weighted by molar-refractivity contribution is -0.384. The molecule has 2 heterocycles. The summed E-state index contributed by atoms with van der Waals surface area (Å²) in [7, 11) is 0. The van der Waals surface area contributed by atoms with E-state index in [1.807, 2.05) is 6.07 Å². The third-order valence-corrected chi connectivity index (χ3v) is 5.20. The lowest BCUT2D eigenvalue weighted by atomic mass is 9.93. The molecule has 0 spiro atoms. The summed E-state index contributed by atoms with van der Waals surface area (Å²) in [6, 6.07) is 14.1. The van der Waals surface area contributed by atoms with Gasteiger partial charge < -0.3 is 4.90 Å². The fourth-order valence-corrected chi connectivity index (χ4v) is 3.80. The van der Waals surface area contributed by atoms with E-state index < -0.39 is 4.92 Å². The summed E-state index contributed by atoms with van der Waals surface area (Å²) in [5.41, 5.74) is 7.86. The van der Waals surface area contributed by atoms with Crippen molar-refractivity contribution in [3.63, 3.8) is 0 Å². The highest BCUT2D eigenvalue weighted by molar-refractivity contribution is 6.09. The molecular formula is C19H20N4O3. The van der Waals surface area contributed by atoms with Crippen LogP contribution in [0.15, 0.2) is 48.5 Å². The molecule has 7 heteroatoms. The number of carbonyl (C=O) groups excluding carboxylic acids is 1. The Morgan fingerprint density at radius 3 is 2.73 bits per heavy atom. The van der Waals surface area contributed by atoms with Crippen LogP contribution in [0.25, 0.3) is 0 Å². The number of nitrogens with zero attached hydrogens (tertiary/aromatic N) is 2. The average Bonchev–Trinajstić information content (AvgIpc) is 3.15. The molecule has 7 nitrogen and oxygen atoms in total. The number of piperidine rings is 1. The van der Waals surface area contributed by atoms with Crippen molar-refractivity contribution in [3.05, 3.63) is 69.8 Å². The van der Waals surface area contributed by atoms with Gasteiger partial charge in [0.25, 0.3) is 5.69 Å². The highest BCUT2D eigenvalue weighted by Crippen LogP contribution is 2.33. The number of nitro groups is 1. The van der Waals surface area contributed by atoms with Gasteiger partial charge in [-0.25, -0.2) is 0 Å². The minimum atomic E-state index is -0.395. The van der Waals surface area contributed by atoms with Crippen molar-refractivity contribution in [2.75, 3.05) is 24.5 Å². The summed E-state index contributed by atoms with van der Waals surface area (Å²) in [6.45, 7) is 2.37. The Morgan fingerprint density at radius 2 is 1.96 bits per heavy atom. The van der Waals surface area contributed by atoms with Gasteiger partial charge in [0.2, 0.25) is 0 Å². The van der Waals surface area contributed by atoms with Crippen LogP contribution in [-0.4, -0.2) is 36.4 Å². The maximum atomic E-state index is 12.6. The van der Waals surface area contributed by atoms with Crippen LogP contribution in [0.5, 0.6) is 0 Å². The number of hydrogen-bond acceptors (Lipinski definition) is 6. The Morgan fingerprint density at radius 1 is 1.15 bits per heavy atom. The van der Waals surface area contributed by atoms with Crippen LogP contribution in [0.4, 0.5) is 11.4 Å². The fourth-order valence-electron chi connectivity index (χ4n) is 3.80. The van der Waals surface area contributed by atoms with Crippen molar-refractivity contribution in [1.82, 2.24) is 10.9 Å². The van der Waals surface area contributed by atoms with Crippen molar-refractivity contribution in [1.29, 1.82) is 0 Å². The lowest BCUT2D eigenvalue weighted by Gasteiger charge is -2.35. The number of hydrogen-bond donors (Lipinski definition) is 2. The highest BCUT2D eigenvalue weighted by atomic mass is 16.6. The number of nitrogens with one attached hydrogen (secondary N) is 2. The molecule has 2 atom stereocenters. The zero-order valence-corrected chi connectivity index (χ0v) is 14.2. The molecule has 0 saturated carbocycles. The van der Waals surface area contributed by atoms with Crippen molar-refractivity contribution in [3.8, 4) is 0 Å². The minimum Gasteiger partial charge on any atom is -0.366 e. The summed E-state index contributed by atoms with van der Waals surface area (Å²) in [6.07, 6.45) is 0.930. The van der Waals surface area contributed by atoms with Crippen LogP contribution >= 0.6 is 0 Å². The zero-order valence-electron chi connectivity index (χ0n) is 14.2. The molecule has 26 heavy (non-hydrogen) atoms. The molecule has 2 N–H and O–H groups in total. The number of hydrazine groups is 1. The Kier molecular flexibility index (Phi) is 4.40. The summed E-state index contributed by atoms with van der Waals surface area (Å²) in [5.74, 6) is 0.220. The molecule has 2 saturated heterocycles. The predicted octanol–water partition coefficient (Wildman–Crippen LogP) is 2.13. The summed E-state index contributed by atoms with van der Waals surface area (Å²) < 4.78 is 0. The van der Waals surface area contributed by atoms with Gasteiger partial charge in [-0.2, -0.15) is 0 Å². The summed E-state index contributed by atoms with van der Waals surface area (Å²) in [4.78, 5) is 25.9. The monoisotopic (exact) mass is 352 g/mol. The molecule has 0 aromatic heterocycles. The molecule has 134 valence electrons. The van der Waals surface area contributed by atoms with E-state index >= 15 is 0 Å². The van der Waals surface area contributed by atoms with E-state index in [0.717, 1.165) is 26.1 Å². The molecule has 2 unspecified atom stereocenters. The van der Waals surface area contributed by atoms with E-state index in [0.29, 0.717) is 28.8 Å². The Labute approximate surface area is 151 Å². The molecule has 2 aromatic rings. The van der Waals surface area contributed by atoms with Gasteiger partial charge in [0, 0.05) is 48.8 Å². The molecular weight excluding hydrogens is 332 g/mol. The van der Waals surface area contributed by atoms with Gasteiger partial charge in [-0.1, -0.05) is 30.3 Å². The molecule has 2 fully saturated rings.